The zero-order chi connectivity index (χ0) is 27.9. The highest BCUT2D eigenvalue weighted by Crippen LogP contribution is 2.17. The van der Waals surface area contributed by atoms with E-state index in [1.807, 2.05) is 0 Å². The average Bonchev–Trinajstić information content (AvgIpc) is 2.94. The van der Waals surface area contributed by atoms with Gasteiger partial charge in [-0.2, -0.15) is 0 Å². The fourth-order valence-corrected chi connectivity index (χ4v) is 4.02. The molecule has 0 aliphatic rings. The zero-order valence-corrected chi connectivity index (χ0v) is 20.8. The Hall–Kier alpha value is -5.12. The SMILES string of the molecule is C=CCN(CC(=O)N(Cc1ccc(F)cc1)Cc1coc2ccccc2c1=O)C(=O)c1ccc([N+](=O)[O-])cc1. The molecule has 0 atom stereocenters. The first-order valence-electron chi connectivity index (χ1n) is 11.9. The minimum Gasteiger partial charge on any atom is -0.464 e. The highest BCUT2D eigenvalue weighted by atomic mass is 19.1. The Morgan fingerprint density at radius 2 is 1.67 bits per heavy atom. The smallest absolute Gasteiger partial charge is 0.269 e. The quantitative estimate of drug-likeness (QED) is 0.167. The largest absolute Gasteiger partial charge is 0.464 e. The molecule has 0 unspecified atom stereocenters. The first-order valence-corrected chi connectivity index (χ1v) is 11.9. The van der Waals surface area contributed by atoms with Crippen LogP contribution in [0.2, 0.25) is 0 Å². The van der Waals surface area contributed by atoms with Crippen LogP contribution < -0.4 is 5.43 Å². The van der Waals surface area contributed by atoms with Gasteiger partial charge in [-0.05, 0) is 42.0 Å². The minimum atomic E-state index is -0.573. The molecule has 0 saturated carbocycles. The molecule has 10 heteroatoms. The molecule has 0 aliphatic carbocycles. The summed E-state index contributed by atoms with van der Waals surface area (Å²) in [6.45, 7) is 3.25. The molecule has 198 valence electrons. The van der Waals surface area contributed by atoms with Crippen molar-refractivity contribution in [1.29, 1.82) is 0 Å². The molecule has 0 radical (unpaired) electrons. The lowest BCUT2D eigenvalue weighted by molar-refractivity contribution is -0.384. The molecule has 0 N–H and O–H groups in total. The number of rotatable bonds is 10. The topological polar surface area (TPSA) is 114 Å². The van der Waals surface area contributed by atoms with Crippen LogP contribution in [-0.2, 0) is 17.9 Å². The number of fused-ring (bicyclic) bond motifs is 1. The number of nitrogens with zero attached hydrogens (tertiary/aromatic N) is 3. The average molecular weight is 530 g/mol. The van der Waals surface area contributed by atoms with Gasteiger partial charge in [0.05, 0.1) is 28.7 Å². The number of hydrogen-bond donors (Lipinski definition) is 0. The highest BCUT2D eigenvalue weighted by molar-refractivity contribution is 5.96. The number of amides is 2. The van der Waals surface area contributed by atoms with Crippen LogP contribution in [0.1, 0.15) is 21.5 Å². The van der Waals surface area contributed by atoms with Gasteiger partial charge in [-0.1, -0.05) is 30.3 Å². The second-order valence-corrected chi connectivity index (χ2v) is 8.74. The van der Waals surface area contributed by atoms with Crippen molar-refractivity contribution in [1.82, 2.24) is 9.80 Å². The van der Waals surface area contributed by atoms with Gasteiger partial charge in [0.2, 0.25) is 5.91 Å². The molecular weight excluding hydrogens is 505 g/mol. The highest BCUT2D eigenvalue weighted by Gasteiger charge is 2.24. The van der Waals surface area contributed by atoms with Crippen LogP contribution in [0, 0.1) is 15.9 Å². The summed E-state index contributed by atoms with van der Waals surface area (Å²) in [5.41, 5.74) is 0.966. The number of carbonyl (C=O) groups is 2. The Morgan fingerprint density at radius 1 is 0.974 bits per heavy atom. The van der Waals surface area contributed by atoms with E-state index in [9.17, 15) is 28.9 Å². The van der Waals surface area contributed by atoms with Crippen molar-refractivity contribution in [2.24, 2.45) is 0 Å². The predicted molar refractivity (Wildman–Crippen MR) is 142 cm³/mol. The Bertz CT molecular complexity index is 1580. The maximum absolute atomic E-state index is 13.6. The Balaban J connectivity index is 1.62. The second kappa shape index (κ2) is 12.0. The Kier molecular flexibility index (Phi) is 8.25. The second-order valence-electron chi connectivity index (χ2n) is 8.74. The van der Waals surface area contributed by atoms with Crippen LogP contribution in [0.4, 0.5) is 10.1 Å². The lowest BCUT2D eigenvalue weighted by atomic mass is 10.1. The van der Waals surface area contributed by atoms with Crippen molar-refractivity contribution in [3.05, 3.63) is 135 Å². The number of non-ortho nitro benzene ring substituents is 1. The summed E-state index contributed by atoms with van der Waals surface area (Å²) in [4.78, 5) is 52.8. The van der Waals surface area contributed by atoms with Crippen molar-refractivity contribution in [2.45, 2.75) is 13.1 Å². The van der Waals surface area contributed by atoms with Crippen molar-refractivity contribution >= 4 is 28.5 Å². The summed E-state index contributed by atoms with van der Waals surface area (Å²) in [5, 5.41) is 11.3. The van der Waals surface area contributed by atoms with Crippen molar-refractivity contribution in [3.8, 4) is 0 Å². The molecule has 0 saturated heterocycles. The van der Waals surface area contributed by atoms with Crippen molar-refractivity contribution in [3.63, 3.8) is 0 Å². The fraction of sp³-hybridized carbons (Fsp3) is 0.138. The predicted octanol–water partition coefficient (Wildman–Crippen LogP) is 4.70. The number of nitro benzene ring substituents is 1. The molecule has 1 aromatic heterocycles. The summed E-state index contributed by atoms with van der Waals surface area (Å²) in [6.07, 6.45) is 2.76. The van der Waals surface area contributed by atoms with E-state index in [2.05, 4.69) is 6.58 Å². The molecule has 4 rings (SSSR count). The lowest BCUT2D eigenvalue weighted by Gasteiger charge is -2.27. The van der Waals surface area contributed by atoms with Gasteiger partial charge < -0.3 is 14.2 Å². The van der Waals surface area contributed by atoms with Gasteiger partial charge >= 0.3 is 0 Å². The molecule has 2 amide bonds. The van der Waals surface area contributed by atoms with E-state index in [-0.39, 0.29) is 48.4 Å². The molecule has 1 heterocycles. The van der Waals surface area contributed by atoms with Gasteiger partial charge in [0.15, 0.2) is 5.43 Å². The maximum atomic E-state index is 13.6. The van der Waals surface area contributed by atoms with Crippen LogP contribution in [0.5, 0.6) is 0 Å². The minimum absolute atomic E-state index is 0.0318. The summed E-state index contributed by atoms with van der Waals surface area (Å²) in [6, 6.07) is 17.4. The molecule has 39 heavy (non-hydrogen) atoms. The number of halogens is 1. The van der Waals surface area contributed by atoms with Crippen LogP contribution in [-0.4, -0.2) is 39.6 Å². The molecule has 9 nitrogen and oxygen atoms in total. The van der Waals surface area contributed by atoms with E-state index >= 15 is 0 Å². The molecular formula is C29H24FN3O6. The summed E-state index contributed by atoms with van der Waals surface area (Å²) in [5.74, 6) is -1.44. The van der Waals surface area contributed by atoms with Crippen LogP contribution in [0.25, 0.3) is 11.0 Å². The van der Waals surface area contributed by atoms with Gasteiger partial charge in [-0.15, -0.1) is 6.58 Å². The Labute approximate surface area is 222 Å². The molecule has 3 aromatic carbocycles. The van der Waals surface area contributed by atoms with Gasteiger partial charge in [0, 0.05) is 30.8 Å². The summed E-state index contributed by atoms with van der Waals surface area (Å²) >= 11 is 0. The van der Waals surface area contributed by atoms with E-state index in [4.69, 9.17) is 4.42 Å². The summed E-state index contributed by atoms with van der Waals surface area (Å²) < 4.78 is 19.1. The van der Waals surface area contributed by atoms with Gasteiger partial charge in [0.25, 0.3) is 11.6 Å². The molecule has 0 spiro atoms. The van der Waals surface area contributed by atoms with Gasteiger partial charge in [-0.25, -0.2) is 4.39 Å². The fourth-order valence-electron chi connectivity index (χ4n) is 4.02. The van der Waals surface area contributed by atoms with E-state index in [0.29, 0.717) is 16.5 Å². The number of para-hydroxylation sites is 1. The number of carbonyl (C=O) groups excluding carboxylic acids is 2. The van der Waals surface area contributed by atoms with E-state index in [0.717, 1.165) is 0 Å². The number of benzene rings is 3. The Morgan fingerprint density at radius 3 is 2.33 bits per heavy atom. The first-order chi connectivity index (χ1) is 18.8. The third-order valence-electron chi connectivity index (χ3n) is 6.04. The van der Waals surface area contributed by atoms with Crippen molar-refractivity contribution < 1.29 is 23.3 Å². The van der Waals surface area contributed by atoms with Crippen LogP contribution >= 0.6 is 0 Å². The first kappa shape index (κ1) is 26.9. The number of hydrogen-bond acceptors (Lipinski definition) is 6. The third kappa shape index (κ3) is 6.42. The third-order valence-corrected chi connectivity index (χ3v) is 6.04. The van der Waals surface area contributed by atoms with Crippen LogP contribution in [0.3, 0.4) is 0 Å². The normalized spacial score (nSPS) is 10.7. The monoisotopic (exact) mass is 529 g/mol. The van der Waals surface area contributed by atoms with Crippen LogP contribution in [0.15, 0.2) is 101 Å². The lowest BCUT2D eigenvalue weighted by Crippen LogP contribution is -2.43. The van der Waals surface area contributed by atoms with Gasteiger partial charge in [0.1, 0.15) is 17.9 Å². The molecule has 0 fully saturated rings. The summed E-state index contributed by atoms with van der Waals surface area (Å²) in [7, 11) is 0. The van der Waals surface area contributed by atoms with E-state index < -0.39 is 22.6 Å². The molecule has 4 aromatic rings. The van der Waals surface area contributed by atoms with E-state index in [1.165, 1.54) is 70.7 Å². The zero-order valence-electron chi connectivity index (χ0n) is 20.8. The van der Waals surface area contributed by atoms with Gasteiger partial charge in [-0.3, -0.25) is 24.5 Å². The standard InChI is InChI=1S/C29H24FN3O6/c1-2-15-31(29(36)21-9-13-24(14-10-21)33(37)38)18-27(34)32(16-20-7-11-23(30)12-8-20)17-22-19-39-26-6-4-3-5-25(26)28(22)35/h2-14,19H,1,15-18H2. The van der Waals surface area contributed by atoms with E-state index in [1.54, 1.807) is 24.3 Å². The molecule has 0 bridgehead atoms. The van der Waals surface area contributed by atoms with Crippen molar-refractivity contribution in [2.75, 3.05) is 13.1 Å². The number of nitro groups is 1. The molecule has 0 aliphatic heterocycles. The maximum Gasteiger partial charge on any atom is 0.269 e.